The summed E-state index contributed by atoms with van der Waals surface area (Å²) in [5, 5.41) is 9.54. The average molecular weight is 367 g/mol. The van der Waals surface area contributed by atoms with Gasteiger partial charge in [-0.05, 0) is 42.7 Å². The van der Waals surface area contributed by atoms with Gasteiger partial charge in [0.25, 0.3) is 0 Å². The Bertz CT molecular complexity index is 909. The molecule has 3 aromatic heterocycles. The molecule has 0 amide bonds. The van der Waals surface area contributed by atoms with E-state index in [9.17, 15) is 0 Å². The van der Waals surface area contributed by atoms with Gasteiger partial charge in [-0.3, -0.25) is 0 Å². The molecule has 3 aromatic rings. The lowest BCUT2D eigenvalue weighted by Crippen LogP contribution is -1.91. The topological polar surface area (TPSA) is 75.7 Å². The van der Waals surface area contributed by atoms with E-state index >= 15 is 0 Å². The molecule has 0 aliphatic heterocycles. The molecular formula is C21H26N4S. The highest BCUT2D eigenvalue weighted by Gasteiger charge is 2.10. The molecule has 3 heterocycles. The third-order valence-electron chi connectivity index (χ3n) is 4.09. The number of hydrogen-bond donors (Lipinski definition) is 2. The zero-order chi connectivity index (χ0) is 19.1. The standard InChI is InChI=1S/C16H14N4S.C5H12/c1-2-10(8-17)13-3-4-14-16(20-13)12(9-21-14)11-5-6-19-15(18)7-11;1-4-5(2)3/h2-9,17H,1H3,(H2,18,19);5H,4H2,1-3H3/b10-2+,17-8?;. The number of pyridine rings is 2. The minimum Gasteiger partial charge on any atom is -0.384 e. The molecule has 0 aliphatic rings. The zero-order valence-corrected chi connectivity index (χ0v) is 16.6. The number of nitrogens with zero attached hydrogens (tertiary/aromatic N) is 2. The lowest BCUT2D eigenvalue weighted by atomic mass is 10.1. The molecule has 0 unspecified atom stereocenters. The van der Waals surface area contributed by atoms with Crippen molar-refractivity contribution in [3.63, 3.8) is 0 Å². The van der Waals surface area contributed by atoms with E-state index < -0.39 is 0 Å². The number of fused-ring (bicyclic) bond motifs is 1. The Morgan fingerprint density at radius 2 is 2.04 bits per heavy atom. The molecule has 0 fully saturated rings. The number of thiophene rings is 1. The van der Waals surface area contributed by atoms with E-state index in [4.69, 9.17) is 16.1 Å². The summed E-state index contributed by atoms with van der Waals surface area (Å²) in [7, 11) is 0. The maximum absolute atomic E-state index is 7.46. The van der Waals surface area contributed by atoms with Crippen molar-refractivity contribution in [3.05, 3.63) is 47.6 Å². The van der Waals surface area contributed by atoms with Crippen LogP contribution in [0.15, 0.2) is 41.9 Å². The second-order valence-electron chi connectivity index (χ2n) is 6.35. The summed E-state index contributed by atoms with van der Waals surface area (Å²) in [4.78, 5) is 8.74. The van der Waals surface area contributed by atoms with E-state index in [-0.39, 0.29) is 0 Å². The second kappa shape index (κ2) is 9.25. The van der Waals surface area contributed by atoms with Crippen LogP contribution in [0.2, 0.25) is 0 Å². The molecule has 0 radical (unpaired) electrons. The van der Waals surface area contributed by atoms with Crippen LogP contribution in [0.1, 0.15) is 39.8 Å². The van der Waals surface area contributed by atoms with E-state index in [0.29, 0.717) is 5.82 Å². The smallest absolute Gasteiger partial charge is 0.123 e. The molecule has 3 rings (SSSR count). The van der Waals surface area contributed by atoms with Crippen LogP contribution in [0, 0.1) is 11.3 Å². The highest BCUT2D eigenvalue weighted by Crippen LogP contribution is 2.33. The van der Waals surface area contributed by atoms with Gasteiger partial charge in [0.05, 0.1) is 15.9 Å². The van der Waals surface area contributed by atoms with Crippen LogP contribution in [0.4, 0.5) is 5.82 Å². The van der Waals surface area contributed by atoms with Crippen LogP contribution >= 0.6 is 11.3 Å². The quantitative estimate of drug-likeness (QED) is 0.552. The molecule has 0 saturated carbocycles. The van der Waals surface area contributed by atoms with Crippen molar-refractivity contribution in [1.29, 1.82) is 5.41 Å². The fourth-order valence-corrected chi connectivity index (χ4v) is 3.11. The highest BCUT2D eigenvalue weighted by atomic mass is 32.1. The number of aromatic nitrogens is 2. The summed E-state index contributed by atoms with van der Waals surface area (Å²) < 4.78 is 1.12. The van der Waals surface area contributed by atoms with Crippen LogP contribution in [-0.2, 0) is 0 Å². The molecule has 0 aliphatic carbocycles. The summed E-state index contributed by atoms with van der Waals surface area (Å²) in [6, 6.07) is 7.77. The third kappa shape index (κ3) is 4.76. The fourth-order valence-electron chi connectivity index (χ4n) is 2.20. The molecule has 4 nitrogen and oxygen atoms in total. The van der Waals surface area contributed by atoms with Crippen LogP contribution < -0.4 is 5.73 Å². The van der Waals surface area contributed by atoms with Crippen molar-refractivity contribution < 1.29 is 0 Å². The van der Waals surface area contributed by atoms with E-state index in [2.05, 4.69) is 31.1 Å². The SMILES string of the molecule is C/C=C(\C=N)c1ccc2scc(-c3ccnc(N)c3)c2n1.CCC(C)C. The van der Waals surface area contributed by atoms with Crippen LogP contribution in [-0.4, -0.2) is 16.2 Å². The van der Waals surface area contributed by atoms with Gasteiger partial charge in [0.1, 0.15) is 5.82 Å². The number of allylic oxidation sites excluding steroid dienone is 2. The minimum atomic E-state index is 0.497. The lowest BCUT2D eigenvalue weighted by Gasteiger charge is -2.03. The third-order valence-corrected chi connectivity index (χ3v) is 5.02. The molecule has 136 valence electrons. The summed E-state index contributed by atoms with van der Waals surface area (Å²) in [5.74, 6) is 1.38. The molecule has 0 saturated heterocycles. The van der Waals surface area contributed by atoms with E-state index in [1.807, 2.05) is 37.3 Å². The van der Waals surface area contributed by atoms with Gasteiger partial charge in [-0.15, -0.1) is 11.3 Å². The minimum absolute atomic E-state index is 0.497. The monoisotopic (exact) mass is 366 g/mol. The maximum atomic E-state index is 7.46. The van der Waals surface area contributed by atoms with Crippen LogP contribution in [0.5, 0.6) is 0 Å². The normalized spacial score (nSPS) is 11.3. The van der Waals surface area contributed by atoms with Crippen molar-refractivity contribution in [2.75, 3.05) is 5.73 Å². The molecule has 26 heavy (non-hydrogen) atoms. The summed E-state index contributed by atoms with van der Waals surface area (Å²) in [6.45, 7) is 8.55. The summed E-state index contributed by atoms with van der Waals surface area (Å²) in [6.07, 6.45) is 6.22. The first-order valence-electron chi connectivity index (χ1n) is 8.77. The Labute approximate surface area is 159 Å². The number of hydrogen-bond acceptors (Lipinski definition) is 5. The van der Waals surface area contributed by atoms with Gasteiger partial charge >= 0.3 is 0 Å². The first-order valence-corrected chi connectivity index (χ1v) is 9.65. The Kier molecular flexibility index (Phi) is 7.04. The van der Waals surface area contributed by atoms with E-state index in [1.165, 1.54) is 12.6 Å². The Morgan fingerprint density at radius 1 is 1.31 bits per heavy atom. The van der Waals surface area contributed by atoms with Gasteiger partial charge in [-0.25, -0.2) is 9.97 Å². The first kappa shape index (κ1) is 19.8. The van der Waals surface area contributed by atoms with Crippen LogP contribution in [0.25, 0.3) is 26.9 Å². The largest absolute Gasteiger partial charge is 0.384 e. The summed E-state index contributed by atoms with van der Waals surface area (Å²) in [5.41, 5.74) is 10.4. The van der Waals surface area contributed by atoms with Gasteiger partial charge in [0.15, 0.2) is 0 Å². The number of nitrogens with two attached hydrogens (primary N) is 1. The van der Waals surface area contributed by atoms with Gasteiger partial charge < -0.3 is 11.1 Å². The Balaban J connectivity index is 0.000000431. The molecule has 5 heteroatoms. The predicted molar refractivity (Wildman–Crippen MR) is 115 cm³/mol. The van der Waals surface area contributed by atoms with Crippen LogP contribution in [0.3, 0.4) is 0 Å². The molecular weight excluding hydrogens is 340 g/mol. The predicted octanol–water partition coefficient (Wildman–Crippen LogP) is 6.05. The van der Waals surface area contributed by atoms with Gasteiger partial charge in [-0.1, -0.05) is 33.3 Å². The van der Waals surface area contributed by atoms with Gasteiger partial charge in [0.2, 0.25) is 0 Å². The summed E-state index contributed by atoms with van der Waals surface area (Å²) >= 11 is 1.65. The molecule has 0 spiro atoms. The lowest BCUT2D eigenvalue weighted by molar-refractivity contribution is 0.626. The highest BCUT2D eigenvalue weighted by molar-refractivity contribution is 7.17. The van der Waals surface area contributed by atoms with Crippen molar-refractivity contribution in [2.24, 2.45) is 5.92 Å². The molecule has 3 N–H and O–H groups in total. The number of nitrogen functional groups attached to an aromatic ring is 1. The number of rotatable bonds is 4. The Morgan fingerprint density at radius 3 is 2.62 bits per heavy atom. The fraction of sp³-hybridized carbons (Fsp3) is 0.286. The van der Waals surface area contributed by atoms with E-state index in [1.54, 1.807) is 17.5 Å². The van der Waals surface area contributed by atoms with Gasteiger partial charge in [0, 0.05) is 28.9 Å². The van der Waals surface area contributed by atoms with Gasteiger partial charge in [-0.2, -0.15) is 0 Å². The second-order valence-corrected chi connectivity index (χ2v) is 7.26. The first-order chi connectivity index (χ1) is 12.5. The van der Waals surface area contributed by atoms with Crippen molar-refractivity contribution in [3.8, 4) is 11.1 Å². The van der Waals surface area contributed by atoms with E-state index in [0.717, 1.165) is 38.5 Å². The molecule has 0 aromatic carbocycles. The average Bonchev–Trinajstić information content (AvgIpc) is 3.06. The maximum Gasteiger partial charge on any atom is 0.123 e. The number of anilines is 1. The molecule has 0 bridgehead atoms. The number of nitrogens with one attached hydrogen (secondary N) is 1. The van der Waals surface area contributed by atoms with Crippen molar-refractivity contribution in [1.82, 2.24) is 9.97 Å². The van der Waals surface area contributed by atoms with Crippen molar-refractivity contribution in [2.45, 2.75) is 34.1 Å². The molecule has 0 atom stereocenters. The Hall–Kier alpha value is -2.53. The van der Waals surface area contributed by atoms with Crippen molar-refractivity contribution >= 4 is 39.2 Å². The zero-order valence-electron chi connectivity index (χ0n) is 15.8.